The van der Waals surface area contributed by atoms with Crippen molar-refractivity contribution in [3.63, 3.8) is 0 Å². The van der Waals surface area contributed by atoms with Crippen LogP contribution < -0.4 is 9.13 Å². The van der Waals surface area contributed by atoms with Crippen molar-refractivity contribution >= 4 is 21.9 Å². The molecule has 3 aromatic carbocycles. The number of nitrogens with zero attached hydrogens (tertiary/aromatic N) is 2. The van der Waals surface area contributed by atoms with Gasteiger partial charge in [-0.2, -0.15) is 9.13 Å². The van der Waals surface area contributed by atoms with Crippen LogP contribution in [-0.4, -0.2) is 0 Å². The second kappa shape index (κ2) is 7.25. The fourth-order valence-corrected chi connectivity index (χ4v) is 6.68. The van der Waals surface area contributed by atoms with Crippen LogP contribution in [0, 0.1) is 0 Å². The smallest absolute Gasteiger partial charge is 0.217 e. The van der Waals surface area contributed by atoms with Crippen LogP contribution >= 0.6 is 0 Å². The van der Waals surface area contributed by atoms with Crippen molar-refractivity contribution in [3.8, 4) is 22.5 Å². The third kappa shape index (κ3) is 2.47. The van der Waals surface area contributed by atoms with Gasteiger partial charge in [0.25, 0.3) is 0 Å². The Morgan fingerprint density at radius 3 is 2.31 bits per heavy atom. The summed E-state index contributed by atoms with van der Waals surface area (Å²) in [7, 11) is 0. The van der Waals surface area contributed by atoms with E-state index in [-0.39, 0.29) is 18.0 Å². The molecule has 36 heavy (non-hydrogen) atoms. The van der Waals surface area contributed by atoms with E-state index in [1.165, 1.54) is 39.0 Å². The Morgan fingerprint density at radius 2 is 1.42 bits per heavy atom. The average Bonchev–Trinajstić information content (AvgIpc) is 3.48. The van der Waals surface area contributed by atoms with Gasteiger partial charge in [-0.1, -0.05) is 49.0 Å². The number of hydrogen-bond acceptors (Lipinski definition) is 1. The van der Waals surface area contributed by atoms with E-state index in [1.807, 2.05) is 6.07 Å². The Bertz CT molecular complexity index is 1850. The Balaban J connectivity index is 1.45. The van der Waals surface area contributed by atoms with Gasteiger partial charge < -0.3 is 4.42 Å². The summed E-state index contributed by atoms with van der Waals surface area (Å²) >= 11 is 0. The van der Waals surface area contributed by atoms with E-state index >= 15 is 0 Å². The van der Waals surface area contributed by atoms with E-state index in [2.05, 4.69) is 125 Å². The van der Waals surface area contributed by atoms with Crippen molar-refractivity contribution < 1.29 is 13.6 Å². The lowest BCUT2D eigenvalue weighted by Gasteiger charge is -2.30. The molecule has 3 heteroatoms. The van der Waals surface area contributed by atoms with Gasteiger partial charge in [-0.15, -0.1) is 0 Å². The van der Waals surface area contributed by atoms with Crippen LogP contribution in [-0.2, 0) is 0 Å². The summed E-state index contributed by atoms with van der Waals surface area (Å²) in [5, 5.41) is 2.34. The van der Waals surface area contributed by atoms with Gasteiger partial charge in [0.2, 0.25) is 11.4 Å². The first-order valence-corrected chi connectivity index (χ1v) is 12.5. The Kier molecular flexibility index (Phi) is 3.98. The summed E-state index contributed by atoms with van der Waals surface area (Å²) in [4.78, 5) is 0. The molecule has 0 aliphatic carbocycles. The molecule has 2 aliphatic rings. The summed E-state index contributed by atoms with van der Waals surface area (Å²) < 4.78 is 11.4. The van der Waals surface area contributed by atoms with Crippen molar-refractivity contribution in [3.05, 3.63) is 133 Å². The number of pyridine rings is 2. The molecule has 6 aromatic rings. The van der Waals surface area contributed by atoms with E-state index in [0.29, 0.717) is 0 Å². The maximum atomic E-state index is 6.53. The van der Waals surface area contributed by atoms with Crippen LogP contribution in [0.5, 0.6) is 0 Å². The predicted octanol–water partition coefficient (Wildman–Crippen LogP) is 6.92. The fraction of sp³-hybridized carbons (Fsp3) is 0.0909. The van der Waals surface area contributed by atoms with Crippen LogP contribution in [0.3, 0.4) is 0 Å². The van der Waals surface area contributed by atoms with Crippen molar-refractivity contribution in [2.75, 3.05) is 0 Å². The second-order valence-electron chi connectivity index (χ2n) is 9.78. The number of benzene rings is 3. The molecule has 0 bridgehead atoms. The molecule has 0 saturated carbocycles. The molecular weight excluding hydrogens is 440 g/mol. The summed E-state index contributed by atoms with van der Waals surface area (Å²) in [6.45, 7) is 4.32. The van der Waals surface area contributed by atoms with Crippen LogP contribution in [0.4, 0.5) is 0 Å². The van der Waals surface area contributed by atoms with Crippen molar-refractivity contribution in [1.82, 2.24) is 0 Å². The highest BCUT2D eigenvalue weighted by molar-refractivity contribution is 6.10. The van der Waals surface area contributed by atoms with Gasteiger partial charge >= 0.3 is 0 Å². The lowest BCUT2D eigenvalue weighted by atomic mass is 9.76. The van der Waals surface area contributed by atoms with Gasteiger partial charge in [-0.05, 0) is 42.0 Å². The fourth-order valence-electron chi connectivity index (χ4n) is 6.68. The summed E-state index contributed by atoms with van der Waals surface area (Å²) in [5.41, 5.74) is 9.50. The first-order chi connectivity index (χ1) is 17.8. The first kappa shape index (κ1) is 19.8. The minimum atomic E-state index is 0.110. The quantitative estimate of drug-likeness (QED) is 0.201. The first-order valence-electron chi connectivity index (χ1n) is 12.5. The SMILES string of the molecule is C=CC1C(C2c3ccc4c(oc5ccccc54)c3-c3cccc[n+]32)c2ccccc2-c2cccc[n+]21. The van der Waals surface area contributed by atoms with Crippen LogP contribution in [0.15, 0.2) is 127 Å². The molecule has 0 fully saturated rings. The molecule has 5 heterocycles. The summed E-state index contributed by atoms with van der Waals surface area (Å²) in [6, 6.07) is 34.9. The zero-order valence-electron chi connectivity index (χ0n) is 19.7. The minimum Gasteiger partial charge on any atom is -0.455 e. The predicted molar refractivity (Wildman–Crippen MR) is 142 cm³/mol. The van der Waals surface area contributed by atoms with E-state index in [4.69, 9.17) is 4.42 Å². The molecule has 3 nitrogen and oxygen atoms in total. The number of fused-ring (bicyclic) bond motifs is 10. The molecule has 3 aromatic heterocycles. The Labute approximate surface area is 209 Å². The van der Waals surface area contributed by atoms with Gasteiger partial charge in [0.15, 0.2) is 24.5 Å². The average molecular weight is 465 g/mol. The number of rotatable bonds is 2. The monoisotopic (exact) mass is 464 g/mol. The highest BCUT2D eigenvalue weighted by Gasteiger charge is 2.52. The zero-order valence-corrected chi connectivity index (χ0v) is 19.7. The molecule has 0 saturated heterocycles. The normalized spacial score (nSPS) is 19.5. The molecule has 170 valence electrons. The van der Waals surface area contributed by atoms with E-state index in [0.717, 1.165) is 16.6 Å². The number of hydrogen-bond donors (Lipinski definition) is 0. The molecule has 2 aliphatic heterocycles. The van der Waals surface area contributed by atoms with Gasteiger partial charge in [0, 0.05) is 40.6 Å². The minimum absolute atomic E-state index is 0.110. The molecule has 0 spiro atoms. The third-order valence-electron chi connectivity index (χ3n) is 8.10. The maximum absolute atomic E-state index is 6.53. The molecule has 8 rings (SSSR count). The number of para-hydroxylation sites is 1. The second-order valence-corrected chi connectivity index (χ2v) is 9.78. The third-order valence-corrected chi connectivity index (χ3v) is 8.10. The molecule has 0 radical (unpaired) electrons. The van der Waals surface area contributed by atoms with Gasteiger partial charge in [-0.25, -0.2) is 0 Å². The molecule has 3 atom stereocenters. The Hall–Kier alpha value is -4.50. The summed E-state index contributed by atoms with van der Waals surface area (Å²) in [5.74, 6) is 0.174. The van der Waals surface area contributed by atoms with E-state index in [1.54, 1.807) is 0 Å². The lowest BCUT2D eigenvalue weighted by molar-refractivity contribution is -0.739. The van der Waals surface area contributed by atoms with Gasteiger partial charge in [0.05, 0.1) is 11.1 Å². The van der Waals surface area contributed by atoms with E-state index < -0.39 is 0 Å². The van der Waals surface area contributed by atoms with Gasteiger partial charge in [0.1, 0.15) is 17.1 Å². The van der Waals surface area contributed by atoms with Crippen molar-refractivity contribution in [2.24, 2.45) is 0 Å². The standard InChI is InChI=1S/C33H24N2O/c1-2-26-30(23-13-4-3-11-21(23)27-14-7-9-19-34(26)27)32-25-18-17-24-22-12-5-6-16-29(22)36-33(24)31(25)28-15-8-10-20-35(28)32/h2-20,26,30,32H,1H2/q+2. The molecule has 0 amide bonds. The van der Waals surface area contributed by atoms with Crippen LogP contribution in [0.1, 0.15) is 29.1 Å². The van der Waals surface area contributed by atoms with Crippen molar-refractivity contribution in [1.29, 1.82) is 0 Å². The molecule has 0 N–H and O–H groups in total. The van der Waals surface area contributed by atoms with Crippen molar-refractivity contribution in [2.45, 2.75) is 18.0 Å². The van der Waals surface area contributed by atoms with Crippen LogP contribution in [0.25, 0.3) is 44.5 Å². The highest BCUT2D eigenvalue weighted by atomic mass is 16.3. The maximum Gasteiger partial charge on any atom is 0.217 e. The van der Waals surface area contributed by atoms with Crippen LogP contribution in [0.2, 0.25) is 0 Å². The van der Waals surface area contributed by atoms with Gasteiger partial charge in [-0.3, -0.25) is 0 Å². The topological polar surface area (TPSA) is 20.9 Å². The largest absolute Gasteiger partial charge is 0.455 e. The Morgan fingerprint density at radius 1 is 0.667 bits per heavy atom. The van der Waals surface area contributed by atoms with E-state index in [9.17, 15) is 0 Å². The number of furan rings is 1. The summed E-state index contributed by atoms with van der Waals surface area (Å²) in [6.07, 6.45) is 6.53. The molecular formula is C33H24N2O+2. The molecule has 3 unspecified atom stereocenters. The number of allylic oxidation sites excluding steroid dienone is 1. The lowest BCUT2D eigenvalue weighted by Crippen LogP contribution is -2.52. The zero-order chi connectivity index (χ0) is 23.8. The number of aromatic nitrogens is 2. The highest BCUT2D eigenvalue weighted by Crippen LogP contribution is 2.51.